The number of methoxy groups -OCH3 is 1. The molecular formula is C21H28N4O4. The molecule has 8 nitrogen and oxygen atoms in total. The van der Waals surface area contributed by atoms with Crippen molar-refractivity contribution in [3.8, 4) is 0 Å². The van der Waals surface area contributed by atoms with Gasteiger partial charge in [-0.05, 0) is 43.7 Å². The summed E-state index contributed by atoms with van der Waals surface area (Å²) in [7, 11) is 1.66. The fraction of sp³-hybridized carbons (Fsp3) is 0.619. The van der Waals surface area contributed by atoms with Crippen LogP contribution in [0.1, 0.15) is 47.9 Å². The highest BCUT2D eigenvalue weighted by Gasteiger charge is 2.41. The maximum atomic E-state index is 12.6. The predicted molar refractivity (Wildman–Crippen MR) is 104 cm³/mol. The number of carbonyl (C=O) groups excluding carboxylic acids is 1. The van der Waals surface area contributed by atoms with E-state index in [1.54, 1.807) is 19.4 Å². The molecule has 29 heavy (non-hydrogen) atoms. The van der Waals surface area contributed by atoms with Crippen molar-refractivity contribution in [2.24, 2.45) is 5.92 Å². The smallest absolute Gasteiger partial charge is 0.272 e. The molecule has 0 bridgehead atoms. The molecule has 1 atom stereocenters. The highest BCUT2D eigenvalue weighted by atomic mass is 16.5. The number of pyridine rings is 1. The van der Waals surface area contributed by atoms with Crippen LogP contribution in [0, 0.1) is 5.92 Å². The molecule has 8 heteroatoms. The Hall–Kier alpha value is -2.32. The van der Waals surface area contributed by atoms with Gasteiger partial charge in [0.2, 0.25) is 5.89 Å². The number of ether oxygens (including phenoxy) is 2. The quantitative estimate of drug-likeness (QED) is 0.735. The van der Waals surface area contributed by atoms with E-state index in [9.17, 15) is 4.79 Å². The molecule has 2 aromatic rings. The molecule has 2 aliphatic heterocycles. The third-order valence-electron chi connectivity index (χ3n) is 5.94. The van der Waals surface area contributed by atoms with E-state index in [0.29, 0.717) is 49.4 Å². The first-order valence-electron chi connectivity index (χ1n) is 10.3. The lowest BCUT2D eigenvalue weighted by Crippen LogP contribution is -2.51. The lowest BCUT2D eigenvalue weighted by molar-refractivity contribution is -0.124. The van der Waals surface area contributed by atoms with E-state index in [1.807, 2.05) is 17.0 Å². The lowest BCUT2D eigenvalue weighted by atomic mass is 9.78. The van der Waals surface area contributed by atoms with Crippen molar-refractivity contribution in [2.45, 2.75) is 44.1 Å². The van der Waals surface area contributed by atoms with Gasteiger partial charge in [-0.25, -0.2) is 0 Å². The van der Waals surface area contributed by atoms with Gasteiger partial charge >= 0.3 is 0 Å². The fourth-order valence-corrected chi connectivity index (χ4v) is 4.34. The van der Waals surface area contributed by atoms with Crippen LogP contribution in [0.4, 0.5) is 0 Å². The van der Waals surface area contributed by atoms with Crippen LogP contribution in [0.3, 0.4) is 0 Å². The van der Waals surface area contributed by atoms with Crippen LogP contribution in [0.25, 0.3) is 0 Å². The van der Waals surface area contributed by atoms with E-state index < -0.39 is 0 Å². The molecule has 2 aromatic heterocycles. The summed E-state index contributed by atoms with van der Waals surface area (Å²) in [4.78, 5) is 23.2. The topological polar surface area (TPSA) is 90.6 Å². The highest BCUT2D eigenvalue weighted by molar-refractivity contribution is 5.92. The highest BCUT2D eigenvalue weighted by Crippen LogP contribution is 2.38. The largest absolute Gasteiger partial charge is 0.384 e. The Morgan fingerprint density at radius 2 is 2.21 bits per heavy atom. The number of hydrogen-bond donors (Lipinski definition) is 0. The Bertz CT molecular complexity index is 802. The lowest BCUT2D eigenvalue weighted by Gasteiger charge is -2.46. The molecule has 1 amide bonds. The number of amides is 1. The Kier molecular flexibility index (Phi) is 6.20. The second-order valence-electron chi connectivity index (χ2n) is 7.95. The van der Waals surface area contributed by atoms with Crippen molar-refractivity contribution in [1.29, 1.82) is 0 Å². The van der Waals surface area contributed by atoms with E-state index in [0.717, 1.165) is 38.7 Å². The Morgan fingerprint density at radius 1 is 1.34 bits per heavy atom. The van der Waals surface area contributed by atoms with Crippen LogP contribution in [-0.4, -0.2) is 64.9 Å². The molecule has 0 saturated carbocycles. The summed E-state index contributed by atoms with van der Waals surface area (Å²) in [6, 6.07) is 5.44. The zero-order chi connectivity index (χ0) is 20.1. The van der Waals surface area contributed by atoms with Gasteiger partial charge in [0.25, 0.3) is 5.91 Å². The van der Waals surface area contributed by atoms with E-state index in [4.69, 9.17) is 14.0 Å². The maximum Gasteiger partial charge on any atom is 0.272 e. The Balaban J connectivity index is 1.31. The SMILES string of the molecule is COCCc1noc(CC2CCOC3(CCN(C(=O)c4ccccn4)CC3)C2)n1. The Morgan fingerprint density at radius 3 is 2.97 bits per heavy atom. The van der Waals surface area contributed by atoms with Gasteiger partial charge in [-0.2, -0.15) is 4.98 Å². The molecule has 4 rings (SSSR count). The van der Waals surface area contributed by atoms with Crippen molar-refractivity contribution < 1.29 is 18.8 Å². The van der Waals surface area contributed by atoms with E-state index in [1.165, 1.54) is 0 Å². The minimum Gasteiger partial charge on any atom is -0.384 e. The standard InChI is InChI=1S/C21H28N4O4/c1-27-12-6-18-23-19(29-24-18)14-16-5-13-28-21(15-16)7-10-25(11-8-21)20(26)17-4-2-3-9-22-17/h2-4,9,16H,5-8,10-15H2,1H3. The Labute approximate surface area is 170 Å². The first kappa shape index (κ1) is 20.0. The summed E-state index contributed by atoms with van der Waals surface area (Å²) in [5.41, 5.74) is 0.356. The van der Waals surface area contributed by atoms with Gasteiger partial charge in [0, 0.05) is 45.8 Å². The van der Waals surface area contributed by atoms with Crippen LogP contribution in [0.15, 0.2) is 28.9 Å². The number of piperidine rings is 1. The van der Waals surface area contributed by atoms with Crippen molar-refractivity contribution in [3.63, 3.8) is 0 Å². The second-order valence-corrected chi connectivity index (χ2v) is 7.95. The van der Waals surface area contributed by atoms with Gasteiger partial charge in [0.1, 0.15) is 5.69 Å². The first-order valence-corrected chi connectivity index (χ1v) is 10.3. The van der Waals surface area contributed by atoms with Crippen molar-refractivity contribution in [2.75, 3.05) is 33.4 Å². The molecule has 2 saturated heterocycles. The van der Waals surface area contributed by atoms with E-state index in [-0.39, 0.29) is 11.5 Å². The number of carbonyl (C=O) groups is 1. The van der Waals surface area contributed by atoms with E-state index >= 15 is 0 Å². The molecule has 0 aliphatic carbocycles. The van der Waals surface area contributed by atoms with Gasteiger partial charge in [0.15, 0.2) is 5.82 Å². The van der Waals surface area contributed by atoms with Crippen LogP contribution in [-0.2, 0) is 22.3 Å². The normalized spacial score (nSPS) is 21.4. The average molecular weight is 400 g/mol. The molecule has 0 N–H and O–H groups in total. The first-order chi connectivity index (χ1) is 14.2. The van der Waals surface area contributed by atoms with Crippen LogP contribution in [0.2, 0.25) is 0 Å². The summed E-state index contributed by atoms with van der Waals surface area (Å²) < 4.78 is 16.7. The molecule has 2 fully saturated rings. The molecule has 1 spiro atoms. The summed E-state index contributed by atoms with van der Waals surface area (Å²) in [5, 5.41) is 4.03. The van der Waals surface area contributed by atoms with Gasteiger partial charge in [-0.15, -0.1) is 0 Å². The molecule has 0 aromatic carbocycles. The number of likely N-dealkylation sites (tertiary alicyclic amines) is 1. The summed E-state index contributed by atoms with van der Waals surface area (Å²) in [5.74, 6) is 1.85. The van der Waals surface area contributed by atoms with Crippen molar-refractivity contribution in [1.82, 2.24) is 20.0 Å². The zero-order valence-electron chi connectivity index (χ0n) is 16.9. The number of hydrogen-bond acceptors (Lipinski definition) is 7. The summed E-state index contributed by atoms with van der Waals surface area (Å²) >= 11 is 0. The third-order valence-corrected chi connectivity index (χ3v) is 5.94. The van der Waals surface area contributed by atoms with Gasteiger partial charge in [-0.1, -0.05) is 11.2 Å². The van der Waals surface area contributed by atoms with Gasteiger partial charge in [0.05, 0.1) is 12.2 Å². The van der Waals surface area contributed by atoms with Crippen molar-refractivity contribution in [3.05, 3.63) is 41.8 Å². The van der Waals surface area contributed by atoms with Gasteiger partial charge < -0.3 is 18.9 Å². The second kappa shape index (κ2) is 9.00. The van der Waals surface area contributed by atoms with Crippen LogP contribution < -0.4 is 0 Å². The summed E-state index contributed by atoms with van der Waals surface area (Å²) in [6.45, 7) is 2.73. The molecular weight excluding hydrogens is 372 g/mol. The summed E-state index contributed by atoms with van der Waals surface area (Å²) in [6.07, 6.45) is 6.77. The number of rotatable bonds is 6. The predicted octanol–water partition coefficient (Wildman–Crippen LogP) is 2.30. The molecule has 156 valence electrons. The molecule has 1 unspecified atom stereocenters. The third kappa shape index (κ3) is 4.82. The van der Waals surface area contributed by atoms with Gasteiger partial charge in [-0.3, -0.25) is 9.78 Å². The van der Waals surface area contributed by atoms with Crippen LogP contribution in [0.5, 0.6) is 0 Å². The molecule has 4 heterocycles. The molecule has 2 aliphatic rings. The zero-order valence-corrected chi connectivity index (χ0v) is 16.9. The minimum absolute atomic E-state index is 0.00209. The van der Waals surface area contributed by atoms with E-state index in [2.05, 4.69) is 15.1 Å². The number of nitrogens with zero attached hydrogens (tertiary/aromatic N) is 4. The van der Waals surface area contributed by atoms with Crippen molar-refractivity contribution >= 4 is 5.91 Å². The minimum atomic E-state index is -0.150. The van der Waals surface area contributed by atoms with Crippen LogP contribution >= 0.6 is 0 Å². The fourth-order valence-electron chi connectivity index (χ4n) is 4.34. The monoisotopic (exact) mass is 400 g/mol. The average Bonchev–Trinajstić information content (AvgIpc) is 3.20. The molecule has 0 radical (unpaired) electrons. The number of aromatic nitrogens is 3. The maximum absolute atomic E-state index is 12.6.